The number of nitrogens with one attached hydrogen (secondary N) is 2. The highest BCUT2D eigenvalue weighted by Crippen LogP contribution is 2.08. The average Bonchev–Trinajstić information content (AvgIpc) is 2.60. The van der Waals surface area contributed by atoms with Gasteiger partial charge in [-0.15, -0.1) is 0 Å². The van der Waals surface area contributed by atoms with E-state index in [0.717, 1.165) is 18.5 Å². The summed E-state index contributed by atoms with van der Waals surface area (Å²) in [6, 6.07) is 19.5. The predicted octanol–water partition coefficient (Wildman–Crippen LogP) is 3.11. The van der Waals surface area contributed by atoms with Crippen LogP contribution in [0.25, 0.3) is 0 Å². The Labute approximate surface area is 137 Å². The molecule has 0 radical (unpaired) electrons. The molecule has 0 saturated heterocycles. The minimum atomic E-state index is 0.0548. The summed E-state index contributed by atoms with van der Waals surface area (Å²) in [6.07, 6.45) is 2.36. The van der Waals surface area contributed by atoms with E-state index in [1.807, 2.05) is 30.3 Å². The number of aryl methyl sites for hydroxylation is 1. The normalized spacial score (nSPS) is 9.87. The molecule has 2 N–H and O–H groups in total. The maximum absolute atomic E-state index is 11.8. The number of rotatable bonds is 8. The van der Waals surface area contributed by atoms with Crippen LogP contribution in [0.2, 0.25) is 0 Å². The summed E-state index contributed by atoms with van der Waals surface area (Å²) in [5.41, 5.74) is 2.84. The van der Waals surface area contributed by atoms with Gasteiger partial charge in [-0.2, -0.15) is 5.26 Å². The zero-order valence-electron chi connectivity index (χ0n) is 13.1. The van der Waals surface area contributed by atoms with Gasteiger partial charge in [0.05, 0.1) is 11.6 Å². The van der Waals surface area contributed by atoms with Gasteiger partial charge < -0.3 is 10.6 Å². The minimum Gasteiger partial charge on any atom is -0.385 e. The van der Waals surface area contributed by atoms with E-state index < -0.39 is 0 Å². The zero-order chi connectivity index (χ0) is 16.3. The Morgan fingerprint density at radius 3 is 2.43 bits per heavy atom. The lowest BCUT2D eigenvalue weighted by atomic mass is 10.1. The fraction of sp³-hybridized carbons (Fsp3) is 0.263. The summed E-state index contributed by atoms with van der Waals surface area (Å²) in [4.78, 5) is 11.8. The molecular weight excluding hydrogens is 286 g/mol. The van der Waals surface area contributed by atoms with Crippen molar-refractivity contribution in [1.82, 2.24) is 5.32 Å². The van der Waals surface area contributed by atoms with Gasteiger partial charge in [-0.1, -0.05) is 30.3 Å². The molecule has 0 atom stereocenters. The Balaban J connectivity index is 1.57. The van der Waals surface area contributed by atoms with Crippen LogP contribution in [0.5, 0.6) is 0 Å². The van der Waals surface area contributed by atoms with Gasteiger partial charge in [-0.3, -0.25) is 4.79 Å². The predicted molar refractivity (Wildman–Crippen MR) is 92.0 cm³/mol. The molecule has 23 heavy (non-hydrogen) atoms. The average molecular weight is 307 g/mol. The summed E-state index contributed by atoms with van der Waals surface area (Å²) in [5, 5.41) is 14.8. The lowest BCUT2D eigenvalue weighted by molar-refractivity contribution is -0.120. The van der Waals surface area contributed by atoms with Crippen LogP contribution < -0.4 is 10.6 Å². The van der Waals surface area contributed by atoms with Gasteiger partial charge in [-0.25, -0.2) is 0 Å². The van der Waals surface area contributed by atoms with Crippen LogP contribution in [-0.4, -0.2) is 19.0 Å². The summed E-state index contributed by atoms with van der Waals surface area (Å²) in [5.74, 6) is 0.0548. The molecule has 1 amide bonds. The van der Waals surface area contributed by atoms with Crippen molar-refractivity contribution in [2.24, 2.45) is 0 Å². The van der Waals surface area contributed by atoms with Gasteiger partial charge in [0.2, 0.25) is 5.91 Å². The third kappa shape index (κ3) is 6.23. The molecule has 0 heterocycles. The molecule has 0 aromatic heterocycles. The molecule has 0 aliphatic heterocycles. The summed E-state index contributed by atoms with van der Waals surface area (Å²) in [6.45, 7) is 1.28. The molecule has 4 heteroatoms. The number of benzene rings is 2. The number of nitriles is 1. The smallest absolute Gasteiger partial charge is 0.221 e. The Bertz CT molecular complexity index is 645. The van der Waals surface area contributed by atoms with Crippen molar-refractivity contribution >= 4 is 11.6 Å². The van der Waals surface area contributed by atoms with E-state index >= 15 is 0 Å². The van der Waals surface area contributed by atoms with E-state index in [9.17, 15) is 4.79 Å². The molecule has 2 rings (SSSR count). The number of hydrogen-bond acceptors (Lipinski definition) is 3. The molecule has 0 aliphatic carbocycles. The van der Waals surface area contributed by atoms with Gasteiger partial charge in [0.1, 0.15) is 0 Å². The fourth-order valence-electron chi connectivity index (χ4n) is 2.24. The third-order valence-corrected chi connectivity index (χ3v) is 3.50. The maximum Gasteiger partial charge on any atom is 0.221 e. The highest BCUT2D eigenvalue weighted by molar-refractivity contribution is 5.76. The molecule has 2 aromatic rings. The lowest BCUT2D eigenvalue weighted by Crippen LogP contribution is -2.26. The van der Waals surface area contributed by atoms with Gasteiger partial charge in [-0.05, 0) is 42.7 Å². The minimum absolute atomic E-state index is 0.0548. The SMILES string of the molecule is N#Cc1ccc(NCCC(=O)NCCCc2ccccc2)cc1. The molecule has 0 unspecified atom stereocenters. The van der Waals surface area contributed by atoms with E-state index in [1.165, 1.54) is 5.56 Å². The monoisotopic (exact) mass is 307 g/mol. The number of carbonyl (C=O) groups excluding carboxylic acids is 1. The number of hydrogen-bond donors (Lipinski definition) is 2. The Hall–Kier alpha value is -2.80. The van der Waals surface area contributed by atoms with E-state index in [1.54, 1.807) is 12.1 Å². The first-order chi connectivity index (χ1) is 11.3. The Kier molecular flexibility index (Phi) is 6.67. The molecule has 118 valence electrons. The lowest BCUT2D eigenvalue weighted by Gasteiger charge is -2.07. The van der Waals surface area contributed by atoms with E-state index in [4.69, 9.17) is 5.26 Å². The van der Waals surface area contributed by atoms with Crippen LogP contribution in [0.1, 0.15) is 24.0 Å². The number of amides is 1. The second-order valence-electron chi connectivity index (χ2n) is 5.31. The van der Waals surface area contributed by atoms with Crippen molar-refractivity contribution in [1.29, 1.82) is 5.26 Å². The van der Waals surface area contributed by atoms with Crippen LogP contribution in [0.15, 0.2) is 54.6 Å². The van der Waals surface area contributed by atoms with Crippen molar-refractivity contribution in [2.75, 3.05) is 18.4 Å². The highest BCUT2D eigenvalue weighted by atomic mass is 16.1. The molecule has 4 nitrogen and oxygen atoms in total. The standard InChI is InChI=1S/C19H21N3O/c20-15-17-8-10-18(11-9-17)21-14-12-19(23)22-13-4-7-16-5-2-1-3-6-16/h1-3,5-6,8-11,21H,4,7,12-14H2,(H,22,23). The van der Waals surface area contributed by atoms with Crippen molar-refractivity contribution in [3.63, 3.8) is 0 Å². The first-order valence-electron chi connectivity index (χ1n) is 7.82. The molecule has 0 bridgehead atoms. The zero-order valence-corrected chi connectivity index (χ0v) is 13.1. The van der Waals surface area contributed by atoms with Crippen molar-refractivity contribution < 1.29 is 4.79 Å². The molecule has 0 spiro atoms. The molecule has 0 saturated carbocycles. The number of carbonyl (C=O) groups is 1. The van der Waals surface area contributed by atoms with Crippen LogP contribution in [0.3, 0.4) is 0 Å². The topological polar surface area (TPSA) is 64.9 Å². The van der Waals surface area contributed by atoms with Gasteiger partial charge >= 0.3 is 0 Å². The molecular formula is C19H21N3O. The Morgan fingerprint density at radius 1 is 1.00 bits per heavy atom. The second kappa shape index (κ2) is 9.26. The van der Waals surface area contributed by atoms with Crippen molar-refractivity contribution in [3.8, 4) is 6.07 Å². The Morgan fingerprint density at radius 2 is 1.74 bits per heavy atom. The maximum atomic E-state index is 11.8. The molecule has 2 aromatic carbocycles. The molecule has 0 fully saturated rings. The first kappa shape index (κ1) is 16.6. The van der Waals surface area contributed by atoms with Crippen molar-refractivity contribution in [3.05, 3.63) is 65.7 Å². The summed E-state index contributed by atoms with van der Waals surface area (Å²) >= 11 is 0. The summed E-state index contributed by atoms with van der Waals surface area (Å²) in [7, 11) is 0. The molecule has 0 aliphatic rings. The summed E-state index contributed by atoms with van der Waals surface area (Å²) < 4.78 is 0. The van der Waals surface area contributed by atoms with E-state index in [2.05, 4.69) is 28.8 Å². The number of anilines is 1. The van der Waals surface area contributed by atoms with Gasteiger partial charge in [0.25, 0.3) is 0 Å². The largest absolute Gasteiger partial charge is 0.385 e. The van der Waals surface area contributed by atoms with E-state index in [0.29, 0.717) is 25.1 Å². The van der Waals surface area contributed by atoms with Crippen LogP contribution >= 0.6 is 0 Å². The fourth-order valence-corrected chi connectivity index (χ4v) is 2.24. The quantitative estimate of drug-likeness (QED) is 0.737. The second-order valence-corrected chi connectivity index (χ2v) is 5.31. The highest BCUT2D eigenvalue weighted by Gasteiger charge is 2.01. The first-order valence-corrected chi connectivity index (χ1v) is 7.82. The van der Waals surface area contributed by atoms with Gasteiger partial charge in [0.15, 0.2) is 0 Å². The van der Waals surface area contributed by atoms with Crippen LogP contribution in [0, 0.1) is 11.3 Å². The number of nitrogens with zero attached hydrogens (tertiary/aromatic N) is 1. The van der Waals surface area contributed by atoms with E-state index in [-0.39, 0.29) is 5.91 Å². The van der Waals surface area contributed by atoms with Crippen LogP contribution in [-0.2, 0) is 11.2 Å². The van der Waals surface area contributed by atoms with Crippen LogP contribution in [0.4, 0.5) is 5.69 Å². The van der Waals surface area contributed by atoms with Crippen molar-refractivity contribution in [2.45, 2.75) is 19.3 Å². The van der Waals surface area contributed by atoms with Gasteiger partial charge in [0, 0.05) is 25.2 Å². The third-order valence-electron chi connectivity index (χ3n) is 3.50.